The lowest BCUT2D eigenvalue weighted by Gasteiger charge is -2.13. The monoisotopic (exact) mass is 259 g/mol. The first-order chi connectivity index (χ1) is 8.70. The SMILES string of the molecule is N[SH](C(=O)c1ccccc1)C(=O)c1ccccc1. The topological polar surface area (TPSA) is 60.2 Å². The van der Waals surface area contributed by atoms with Crippen LogP contribution in [0, 0.1) is 0 Å². The number of nitrogens with two attached hydrogens (primary N) is 1. The molecule has 0 aliphatic carbocycles. The minimum atomic E-state index is -1.83. The molecule has 0 aliphatic heterocycles. The van der Waals surface area contributed by atoms with Gasteiger partial charge in [-0.1, -0.05) is 71.7 Å². The van der Waals surface area contributed by atoms with Crippen LogP contribution in [0.25, 0.3) is 0 Å². The van der Waals surface area contributed by atoms with Crippen molar-refractivity contribution in [3.05, 3.63) is 71.8 Å². The van der Waals surface area contributed by atoms with Gasteiger partial charge in [0.2, 0.25) is 10.2 Å². The van der Waals surface area contributed by atoms with Crippen LogP contribution in [0.15, 0.2) is 60.7 Å². The van der Waals surface area contributed by atoms with Gasteiger partial charge in [-0.15, -0.1) is 0 Å². The van der Waals surface area contributed by atoms with Crippen LogP contribution in [-0.2, 0) is 0 Å². The molecule has 0 unspecified atom stereocenters. The summed E-state index contributed by atoms with van der Waals surface area (Å²) in [6, 6.07) is 17.3. The highest BCUT2D eigenvalue weighted by Gasteiger charge is 2.20. The highest BCUT2D eigenvalue weighted by Crippen LogP contribution is 2.26. The third-order valence-corrected chi connectivity index (χ3v) is 3.87. The van der Waals surface area contributed by atoms with E-state index in [4.69, 9.17) is 5.14 Å². The summed E-state index contributed by atoms with van der Waals surface area (Å²) in [5, 5.41) is 5.21. The largest absolute Gasteiger partial charge is 0.284 e. The highest BCUT2D eigenvalue weighted by atomic mass is 32.2. The molecule has 0 atom stereocenters. The molecule has 2 N–H and O–H groups in total. The molecule has 0 saturated carbocycles. The van der Waals surface area contributed by atoms with Gasteiger partial charge in [0.15, 0.2) is 0 Å². The maximum Gasteiger partial charge on any atom is 0.218 e. The van der Waals surface area contributed by atoms with Crippen molar-refractivity contribution in [1.29, 1.82) is 0 Å². The van der Waals surface area contributed by atoms with Gasteiger partial charge in [0, 0.05) is 11.1 Å². The molecule has 4 heteroatoms. The van der Waals surface area contributed by atoms with E-state index in [0.717, 1.165) is 0 Å². The van der Waals surface area contributed by atoms with Gasteiger partial charge in [-0.2, -0.15) is 0 Å². The Bertz CT molecular complexity index is 503. The molecular weight excluding hydrogens is 246 g/mol. The molecule has 3 nitrogen and oxygen atoms in total. The summed E-state index contributed by atoms with van der Waals surface area (Å²) < 4.78 is 0. The highest BCUT2D eigenvalue weighted by molar-refractivity contribution is 8.40. The van der Waals surface area contributed by atoms with Crippen molar-refractivity contribution >= 4 is 21.3 Å². The number of hydrogen-bond donors (Lipinski definition) is 2. The first-order valence-corrected chi connectivity index (χ1v) is 6.85. The van der Waals surface area contributed by atoms with Crippen LogP contribution < -0.4 is 5.14 Å². The molecule has 92 valence electrons. The number of carbonyl (C=O) groups excluding carboxylic acids is 2. The second-order valence-corrected chi connectivity index (χ2v) is 5.26. The summed E-state index contributed by atoms with van der Waals surface area (Å²) in [6.07, 6.45) is 0. The molecule has 0 aromatic heterocycles. The number of hydrogen-bond acceptors (Lipinski definition) is 3. The number of benzene rings is 2. The van der Waals surface area contributed by atoms with Crippen LogP contribution in [0.1, 0.15) is 20.7 Å². The minimum absolute atomic E-state index is 0.292. The van der Waals surface area contributed by atoms with Crippen molar-refractivity contribution in [2.75, 3.05) is 0 Å². The summed E-state index contributed by atoms with van der Waals surface area (Å²) in [6.45, 7) is 0. The normalized spacial score (nSPS) is 10.8. The molecule has 18 heavy (non-hydrogen) atoms. The Morgan fingerprint density at radius 3 is 1.39 bits per heavy atom. The fourth-order valence-electron chi connectivity index (χ4n) is 1.53. The van der Waals surface area contributed by atoms with Crippen LogP contribution in [0.5, 0.6) is 0 Å². The molecule has 2 rings (SSSR count). The molecule has 0 spiro atoms. The Morgan fingerprint density at radius 1 is 0.722 bits per heavy atom. The summed E-state index contributed by atoms with van der Waals surface area (Å²) >= 11 is -1.83. The van der Waals surface area contributed by atoms with Gasteiger partial charge in [-0.25, -0.2) is 0 Å². The number of thiol groups is 1. The summed E-state index contributed by atoms with van der Waals surface area (Å²) in [5.74, 6) is 0. The van der Waals surface area contributed by atoms with E-state index >= 15 is 0 Å². The Hall–Kier alpha value is -1.91. The van der Waals surface area contributed by atoms with Crippen LogP contribution in [0.2, 0.25) is 0 Å². The van der Waals surface area contributed by atoms with E-state index in [-0.39, 0.29) is 10.2 Å². The van der Waals surface area contributed by atoms with E-state index in [2.05, 4.69) is 0 Å². The molecule has 0 radical (unpaired) electrons. The van der Waals surface area contributed by atoms with E-state index in [1.54, 1.807) is 48.5 Å². The summed E-state index contributed by atoms with van der Waals surface area (Å²) in [5.41, 5.74) is 0.964. The van der Waals surface area contributed by atoms with E-state index in [1.807, 2.05) is 12.1 Å². The Morgan fingerprint density at radius 2 is 1.06 bits per heavy atom. The average molecular weight is 259 g/mol. The van der Waals surface area contributed by atoms with Crippen molar-refractivity contribution in [3.63, 3.8) is 0 Å². The zero-order chi connectivity index (χ0) is 13.0. The van der Waals surface area contributed by atoms with Crippen molar-refractivity contribution < 1.29 is 9.59 Å². The number of carbonyl (C=O) groups is 2. The molecule has 0 fully saturated rings. The zero-order valence-corrected chi connectivity index (χ0v) is 10.5. The Balaban J connectivity index is 2.20. The second kappa shape index (κ2) is 5.62. The predicted molar refractivity (Wildman–Crippen MR) is 74.7 cm³/mol. The van der Waals surface area contributed by atoms with E-state index in [1.165, 1.54) is 0 Å². The van der Waals surface area contributed by atoms with Gasteiger partial charge < -0.3 is 0 Å². The van der Waals surface area contributed by atoms with Crippen molar-refractivity contribution in [3.8, 4) is 0 Å². The van der Waals surface area contributed by atoms with Crippen LogP contribution in [-0.4, -0.2) is 10.2 Å². The number of rotatable bonds is 2. The van der Waals surface area contributed by atoms with Crippen molar-refractivity contribution in [2.24, 2.45) is 5.14 Å². The molecule has 2 aromatic carbocycles. The lowest BCUT2D eigenvalue weighted by Crippen LogP contribution is -2.16. The van der Waals surface area contributed by atoms with E-state index in [9.17, 15) is 9.59 Å². The molecule has 0 amide bonds. The van der Waals surface area contributed by atoms with Gasteiger partial charge in [-0.05, 0) is 0 Å². The first-order valence-electron chi connectivity index (χ1n) is 5.44. The van der Waals surface area contributed by atoms with Gasteiger partial charge in [-0.3, -0.25) is 14.7 Å². The van der Waals surface area contributed by atoms with E-state index < -0.39 is 11.1 Å². The van der Waals surface area contributed by atoms with Gasteiger partial charge in [0.1, 0.15) is 0 Å². The Kier molecular flexibility index (Phi) is 3.92. The van der Waals surface area contributed by atoms with Crippen molar-refractivity contribution in [2.45, 2.75) is 0 Å². The summed E-state index contributed by atoms with van der Waals surface area (Å²) in [4.78, 5) is 24.1. The molecular formula is C14H13NO2S. The zero-order valence-electron chi connectivity index (χ0n) is 9.61. The maximum absolute atomic E-state index is 12.0. The average Bonchev–Trinajstić information content (AvgIpc) is 2.47. The molecule has 0 heterocycles. The van der Waals surface area contributed by atoms with Gasteiger partial charge in [0.05, 0.1) is 0 Å². The van der Waals surface area contributed by atoms with Gasteiger partial charge in [0.25, 0.3) is 0 Å². The van der Waals surface area contributed by atoms with E-state index in [0.29, 0.717) is 11.1 Å². The molecule has 0 aliphatic rings. The lowest BCUT2D eigenvalue weighted by molar-refractivity contribution is 0.106. The molecule has 0 saturated heterocycles. The maximum atomic E-state index is 12.0. The van der Waals surface area contributed by atoms with Crippen LogP contribution >= 0.6 is 11.1 Å². The fourth-order valence-corrected chi connectivity index (χ4v) is 2.57. The third kappa shape index (κ3) is 2.67. The standard InChI is InChI=1S/C14H13NO2S/c15-18(13(16)11-7-3-1-4-8-11)14(17)12-9-5-2-6-10-12/h1-10,18H,15H2. The second-order valence-electron chi connectivity index (χ2n) is 3.71. The van der Waals surface area contributed by atoms with Gasteiger partial charge >= 0.3 is 0 Å². The Labute approximate surface area is 108 Å². The molecule has 2 aromatic rings. The van der Waals surface area contributed by atoms with Crippen LogP contribution in [0.3, 0.4) is 0 Å². The van der Waals surface area contributed by atoms with Crippen molar-refractivity contribution in [1.82, 2.24) is 0 Å². The lowest BCUT2D eigenvalue weighted by atomic mass is 10.2. The predicted octanol–water partition coefficient (Wildman–Crippen LogP) is 2.54. The molecule has 0 bridgehead atoms. The smallest absolute Gasteiger partial charge is 0.218 e. The third-order valence-electron chi connectivity index (χ3n) is 2.48. The summed E-state index contributed by atoms with van der Waals surface area (Å²) in [7, 11) is 0. The first kappa shape index (κ1) is 12.5. The van der Waals surface area contributed by atoms with Crippen LogP contribution in [0.4, 0.5) is 0 Å². The minimum Gasteiger partial charge on any atom is -0.284 e. The fraction of sp³-hybridized carbons (Fsp3) is 0. The quantitative estimate of drug-likeness (QED) is 0.815.